The average Bonchev–Trinajstić information content (AvgIpc) is 3.10. The highest BCUT2D eigenvalue weighted by molar-refractivity contribution is 5.81. The maximum atomic E-state index is 11.9. The third-order valence-electron chi connectivity index (χ3n) is 4.25. The fourth-order valence-electron chi connectivity index (χ4n) is 2.78. The number of carbonyl (C=O) groups excluding carboxylic acids is 1. The Labute approximate surface area is 146 Å². The summed E-state index contributed by atoms with van der Waals surface area (Å²) < 4.78 is 10.5. The van der Waals surface area contributed by atoms with Gasteiger partial charge in [-0.15, -0.1) is 0 Å². The molecule has 0 saturated carbocycles. The van der Waals surface area contributed by atoms with Crippen LogP contribution in [0.2, 0.25) is 0 Å². The van der Waals surface area contributed by atoms with E-state index in [1.807, 2.05) is 24.3 Å². The number of hydrogen-bond acceptors (Lipinski definition) is 7. The van der Waals surface area contributed by atoms with E-state index in [0.717, 1.165) is 24.4 Å². The highest BCUT2D eigenvalue weighted by Crippen LogP contribution is 2.20. The zero-order valence-electron chi connectivity index (χ0n) is 14.5. The number of aromatic nitrogens is 2. The minimum Gasteiger partial charge on any atom is -0.497 e. The fraction of sp³-hybridized carbons (Fsp3) is 0.471. The van der Waals surface area contributed by atoms with Gasteiger partial charge in [0.15, 0.2) is 0 Å². The summed E-state index contributed by atoms with van der Waals surface area (Å²) in [6.45, 7) is 5.15. The minimum absolute atomic E-state index is 0.000711. The van der Waals surface area contributed by atoms with E-state index in [1.54, 1.807) is 18.9 Å². The molecule has 3 rings (SSSR count). The van der Waals surface area contributed by atoms with Crippen LogP contribution < -0.4 is 10.5 Å². The molecule has 8 nitrogen and oxygen atoms in total. The van der Waals surface area contributed by atoms with Gasteiger partial charge >= 0.3 is 0 Å². The second-order valence-electron chi connectivity index (χ2n) is 6.13. The molecule has 0 spiro atoms. The van der Waals surface area contributed by atoms with E-state index in [0.29, 0.717) is 31.3 Å². The lowest BCUT2D eigenvalue weighted by Crippen LogP contribution is -2.52. The number of carbonyl (C=O) groups is 1. The molecule has 1 saturated heterocycles. The highest BCUT2D eigenvalue weighted by Gasteiger charge is 2.24. The van der Waals surface area contributed by atoms with E-state index in [1.165, 1.54) is 0 Å². The summed E-state index contributed by atoms with van der Waals surface area (Å²) in [5.74, 6) is 1.91. The molecule has 1 aliphatic heterocycles. The van der Waals surface area contributed by atoms with Crippen LogP contribution >= 0.6 is 0 Å². The van der Waals surface area contributed by atoms with E-state index >= 15 is 0 Å². The summed E-state index contributed by atoms with van der Waals surface area (Å²) >= 11 is 0. The maximum absolute atomic E-state index is 11.9. The molecule has 1 fully saturated rings. The van der Waals surface area contributed by atoms with Crippen molar-refractivity contribution in [2.45, 2.75) is 19.5 Å². The summed E-state index contributed by atoms with van der Waals surface area (Å²) in [7, 11) is 1.63. The first kappa shape index (κ1) is 17.4. The van der Waals surface area contributed by atoms with Crippen LogP contribution in [0.4, 0.5) is 0 Å². The predicted molar refractivity (Wildman–Crippen MR) is 91.8 cm³/mol. The zero-order chi connectivity index (χ0) is 17.8. The van der Waals surface area contributed by atoms with Crippen LogP contribution in [0.3, 0.4) is 0 Å². The van der Waals surface area contributed by atoms with Crippen molar-refractivity contribution >= 4 is 5.91 Å². The molecule has 134 valence electrons. The molecule has 8 heteroatoms. The van der Waals surface area contributed by atoms with Gasteiger partial charge in [-0.25, -0.2) is 0 Å². The van der Waals surface area contributed by atoms with Gasteiger partial charge in [-0.2, -0.15) is 4.98 Å². The summed E-state index contributed by atoms with van der Waals surface area (Å²) in [5.41, 5.74) is 6.53. The highest BCUT2D eigenvalue weighted by atomic mass is 16.5. The number of hydrogen-bond donors (Lipinski definition) is 1. The van der Waals surface area contributed by atoms with Gasteiger partial charge in [0.25, 0.3) is 0 Å². The number of methoxy groups -OCH3 is 1. The largest absolute Gasteiger partial charge is 0.497 e. The molecule has 1 aliphatic rings. The zero-order valence-corrected chi connectivity index (χ0v) is 14.5. The lowest BCUT2D eigenvalue weighted by Gasteiger charge is -2.34. The van der Waals surface area contributed by atoms with E-state index in [-0.39, 0.29) is 5.91 Å². The molecule has 2 aromatic rings. The second-order valence-corrected chi connectivity index (χ2v) is 6.13. The van der Waals surface area contributed by atoms with Gasteiger partial charge in [0.05, 0.1) is 19.7 Å². The van der Waals surface area contributed by atoms with Gasteiger partial charge in [0.2, 0.25) is 17.6 Å². The van der Waals surface area contributed by atoms with E-state index in [2.05, 4.69) is 15.0 Å². The molecular weight excluding hydrogens is 322 g/mol. The molecule has 2 N–H and O–H groups in total. The molecule has 1 atom stereocenters. The number of rotatable bonds is 5. The van der Waals surface area contributed by atoms with Crippen LogP contribution in [0, 0.1) is 0 Å². The molecule has 1 aromatic carbocycles. The maximum Gasteiger partial charge on any atom is 0.241 e. The fourth-order valence-corrected chi connectivity index (χ4v) is 2.78. The first-order chi connectivity index (χ1) is 12.1. The monoisotopic (exact) mass is 345 g/mol. The van der Waals surface area contributed by atoms with Gasteiger partial charge < -0.3 is 19.9 Å². The summed E-state index contributed by atoms with van der Waals surface area (Å²) in [6, 6.07) is 7.06. The molecule has 0 aliphatic carbocycles. The summed E-state index contributed by atoms with van der Waals surface area (Å²) in [5, 5.41) is 4.04. The molecule has 0 unspecified atom stereocenters. The van der Waals surface area contributed by atoms with Gasteiger partial charge in [-0.3, -0.25) is 9.69 Å². The Morgan fingerprint density at radius 1 is 1.28 bits per heavy atom. The molecule has 2 heterocycles. The third-order valence-corrected chi connectivity index (χ3v) is 4.25. The lowest BCUT2D eigenvalue weighted by molar-refractivity contribution is -0.134. The molecule has 1 aromatic heterocycles. The van der Waals surface area contributed by atoms with E-state index < -0.39 is 6.04 Å². The number of benzene rings is 1. The van der Waals surface area contributed by atoms with Crippen molar-refractivity contribution in [2.24, 2.45) is 5.73 Å². The Morgan fingerprint density at radius 3 is 2.56 bits per heavy atom. The van der Waals surface area contributed by atoms with Crippen LogP contribution in [-0.2, 0) is 11.3 Å². The Kier molecular flexibility index (Phi) is 5.30. The predicted octanol–water partition coefficient (Wildman–Crippen LogP) is 0.737. The van der Waals surface area contributed by atoms with Crippen LogP contribution in [-0.4, -0.2) is 65.2 Å². The average molecular weight is 345 g/mol. The number of nitrogens with two attached hydrogens (primary N) is 1. The SMILES string of the molecule is COc1ccc(-c2noc(CN3CCN(C(=O)[C@@H](C)N)CC3)n2)cc1. The van der Waals surface area contributed by atoms with Crippen LogP contribution in [0.1, 0.15) is 12.8 Å². The molecular formula is C17H23N5O3. The Balaban J connectivity index is 1.56. The number of amides is 1. The van der Waals surface area contributed by atoms with Gasteiger partial charge in [0, 0.05) is 31.7 Å². The normalized spacial score (nSPS) is 16.7. The topological polar surface area (TPSA) is 97.7 Å². The smallest absolute Gasteiger partial charge is 0.241 e. The van der Waals surface area contributed by atoms with Crippen LogP contribution in [0.15, 0.2) is 28.8 Å². The molecule has 25 heavy (non-hydrogen) atoms. The second kappa shape index (κ2) is 7.62. The van der Waals surface area contributed by atoms with E-state index in [4.69, 9.17) is 15.0 Å². The van der Waals surface area contributed by atoms with Crippen molar-refractivity contribution in [1.82, 2.24) is 19.9 Å². The first-order valence-corrected chi connectivity index (χ1v) is 8.30. The Bertz CT molecular complexity index is 705. The van der Waals surface area contributed by atoms with E-state index in [9.17, 15) is 4.79 Å². The number of nitrogens with zero attached hydrogens (tertiary/aromatic N) is 4. The summed E-state index contributed by atoms with van der Waals surface area (Å²) in [4.78, 5) is 20.3. The van der Waals surface area contributed by atoms with Crippen molar-refractivity contribution in [3.8, 4) is 17.1 Å². The number of piperazine rings is 1. The summed E-state index contributed by atoms with van der Waals surface area (Å²) in [6.07, 6.45) is 0. The Morgan fingerprint density at radius 2 is 1.96 bits per heavy atom. The van der Waals surface area contributed by atoms with Crippen LogP contribution in [0.25, 0.3) is 11.4 Å². The van der Waals surface area contributed by atoms with Crippen LogP contribution in [0.5, 0.6) is 5.75 Å². The van der Waals surface area contributed by atoms with Gasteiger partial charge in [-0.1, -0.05) is 5.16 Å². The van der Waals surface area contributed by atoms with Crippen molar-refractivity contribution in [3.05, 3.63) is 30.2 Å². The number of ether oxygens (including phenoxy) is 1. The lowest BCUT2D eigenvalue weighted by atomic mass is 10.2. The van der Waals surface area contributed by atoms with Gasteiger partial charge in [0.1, 0.15) is 5.75 Å². The van der Waals surface area contributed by atoms with Crippen molar-refractivity contribution in [3.63, 3.8) is 0 Å². The molecule has 1 amide bonds. The first-order valence-electron chi connectivity index (χ1n) is 8.30. The third kappa shape index (κ3) is 4.15. The van der Waals surface area contributed by atoms with Crippen molar-refractivity contribution in [1.29, 1.82) is 0 Å². The molecule has 0 bridgehead atoms. The molecule has 0 radical (unpaired) electrons. The standard InChI is InChI=1S/C17H23N5O3/c1-12(18)17(23)22-9-7-21(8-10-22)11-15-19-16(20-25-15)13-3-5-14(24-2)6-4-13/h3-6,12H,7-11,18H2,1-2H3/t12-/m1/s1. The quantitative estimate of drug-likeness (QED) is 0.853. The van der Waals surface area contributed by atoms with Crippen molar-refractivity contribution in [2.75, 3.05) is 33.3 Å². The van der Waals surface area contributed by atoms with Crippen molar-refractivity contribution < 1.29 is 14.1 Å². The Hall–Kier alpha value is -2.45. The van der Waals surface area contributed by atoms with Gasteiger partial charge in [-0.05, 0) is 31.2 Å². The minimum atomic E-state index is -0.449.